The van der Waals surface area contributed by atoms with Crippen molar-refractivity contribution >= 4 is 34.2 Å². The molecular weight excluding hydrogens is 388 g/mol. The number of likely N-dealkylation sites (tertiary alicyclic amines) is 1. The summed E-state index contributed by atoms with van der Waals surface area (Å²) in [6, 6.07) is 5.64. The van der Waals surface area contributed by atoms with Crippen LogP contribution in [0.3, 0.4) is 0 Å². The van der Waals surface area contributed by atoms with Crippen LogP contribution < -0.4 is 0 Å². The van der Waals surface area contributed by atoms with Gasteiger partial charge in [-0.25, -0.2) is 9.78 Å². The molecule has 4 rings (SSSR count). The Morgan fingerprint density at radius 1 is 1.21 bits per heavy atom. The summed E-state index contributed by atoms with van der Waals surface area (Å²) in [5, 5.41) is 7.04. The van der Waals surface area contributed by atoms with Crippen molar-refractivity contribution in [2.45, 2.75) is 32.6 Å². The third kappa shape index (κ3) is 4.03. The molecule has 0 atom stereocenters. The van der Waals surface area contributed by atoms with Crippen LogP contribution in [0.15, 0.2) is 23.6 Å². The molecule has 0 unspecified atom stereocenters. The van der Waals surface area contributed by atoms with Gasteiger partial charge in [-0.3, -0.25) is 9.48 Å². The van der Waals surface area contributed by atoms with Gasteiger partial charge >= 0.3 is 5.97 Å². The fourth-order valence-corrected chi connectivity index (χ4v) is 4.46. The molecule has 3 aromatic rings. The molecule has 7 nitrogen and oxygen atoms in total. The summed E-state index contributed by atoms with van der Waals surface area (Å²) in [6.07, 6.45) is 4.29. The van der Waals surface area contributed by atoms with Crippen molar-refractivity contribution in [1.82, 2.24) is 19.7 Å². The summed E-state index contributed by atoms with van der Waals surface area (Å²) in [5.74, 6) is -0.651. The largest absolute Gasteiger partial charge is 0.452 e. The van der Waals surface area contributed by atoms with Crippen LogP contribution in [0.2, 0.25) is 0 Å². The number of pyridine rings is 1. The van der Waals surface area contributed by atoms with Gasteiger partial charge in [0.15, 0.2) is 12.3 Å². The number of carbonyl (C=O) groups excluding carboxylic acids is 2. The first-order chi connectivity index (χ1) is 14.0. The molecule has 0 spiro atoms. The van der Waals surface area contributed by atoms with E-state index < -0.39 is 5.97 Å². The van der Waals surface area contributed by atoms with Crippen LogP contribution >= 0.6 is 11.3 Å². The second-order valence-corrected chi connectivity index (χ2v) is 8.26. The third-order valence-corrected chi connectivity index (χ3v) is 6.14. The summed E-state index contributed by atoms with van der Waals surface area (Å²) in [6.45, 7) is 3.07. The Morgan fingerprint density at radius 2 is 1.97 bits per heavy atom. The minimum Gasteiger partial charge on any atom is -0.452 e. The van der Waals surface area contributed by atoms with Gasteiger partial charge in [0.05, 0.1) is 27.2 Å². The van der Waals surface area contributed by atoms with Crippen molar-refractivity contribution in [1.29, 1.82) is 0 Å². The first kappa shape index (κ1) is 19.6. The Balaban J connectivity index is 1.60. The van der Waals surface area contributed by atoms with Gasteiger partial charge in [0.2, 0.25) is 0 Å². The van der Waals surface area contributed by atoms with Gasteiger partial charge < -0.3 is 9.64 Å². The van der Waals surface area contributed by atoms with Crippen LogP contribution in [-0.2, 0) is 16.6 Å². The van der Waals surface area contributed by atoms with Gasteiger partial charge in [-0.05, 0) is 37.3 Å². The predicted molar refractivity (Wildman–Crippen MR) is 112 cm³/mol. The second kappa shape index (κ2) is 8.32. The van der Waals surface area contributed by atoms with E-state index in [1.165, 1.54) is 0 Å². The summed E-state index contributed by atoms with van der Waals surface area (Å²) < 4.78 is 7.10. The zero-order valence-electron chi connectivity index (χ0n) is 16.7. The number of aryl methyl sites for hydroxylation is 2. The average Bonchev–Trinajstić information content (AvgIpc) is 3.25. The lowest BCUT2D eigenvalue weighted by Gasteiger charge is -2.20. The number of fused-ring (bicyclic) bond motifs is 1. The number of hydrogen-bond acceptors (Lipinski definition) is 6. The zero-order chi connectivity index (χ0) is 20.4. The van der Waals surface area contributed by atoms with Crippen LogP contribution in [0, 0.1) is 6.92 Å². The summed E-state index contributed by atoms with van der Waals surface area (Å²) in [7, 11) is 1.80. The van der Waals surface area contributed by atoms with Crippen LogP contribution in [0.1, 0.15) is 41.7 Å². The number of hydrogen-bond donors (Lipinski definition) is 0. The number of esters is 1. The average molecular weight is 413 g/mol. The van der Waals surface area contributed by atoms with Gasteiger partial charge in [-0.1, -0.05) is 18.9 Å². The Morgan fingerprint density at radius 3 is 2.66 bits per heavy atom. The highest BCUT2D eigenvalue weighted by Crippen LogP contribution is 2.29. The molecule has 1 fully saturated rings. The standard InChI is InChI=1S/C21H24N4O3S/c1-14-19-15(21(27)28-13-18(26)25-9-5-3-4-6-10-25)12-16(17-8-7-11-29-17)22-20(19)24(2)23-14/h7-8,11-12H,3-6,9-10,13H2,1-2H3. The molecular formula is C21H24N4O3S. The van der Waals surface area contributed by atoms with Crippen LogP contribution in [0.4, 0.5) is 0 Å². The van der Waals surface area contributed by atoms with E-state index in [0.29, 0.717) is 28.0 Å². The fraction of sp³-hybridized carbons (Fsp3) is 0.429. The predicted octanol–water partition coefficient (Wildman–Crippen LogP) is 3.56. The Hall–Kier alpha value is -2.74. The molecule has 0 N–H and O–H groups in total. The van der Waals surface area contributed by atoms with Gasteiger partial charge in [0.25, 0.3) is 5.91 Å². The van der Waals surface area contributed by atoms with Crippen molar-refractivity contribution in [2.24, 2.45) is 7.05 Å². The maximum Gasteiger partial charge on any atom is 0.339 e. The van der Waals surface area contributed by atoms with E-state index in [9.17, 15) is 9.59 Å². The highest BCUT2D eigenvalue weighted by molar-refractivity contribution is 7.13. The molecule has 3 aromatic heterocycles. The quantitative estimate of drug-likeness (QED) is 0.612. The first-order valence-corrected chi connectivity index (χ1v) is 10.8. The lowest BCUT2D eigenvalue weighted by atomic mass is 10.1. The number of amides is 1. The smallest absolute Gasteiger partial charge is 0.339 e. The Bertz CT molecular complexity index is 1030. The van der Waals surface area contributed by atoms with E-state index in [4.69, 9.17) is 4.74 Å². The SMILES string of the molecule is Cc1nn(C)c2nc(-c3cccs3)cc(C(=O)OCC(=O)N3CCCCCC3)c12. The fourth-order valence-electron chi connectivity index (χ4n) is 3.77. The maximum absolute atomic E-state index is 12.9. The summed E-state index contributed by atoms with van der Waals surface area (Å²) in [5.41, 5.74) is 2.42. The van der Waals surface area contributed by atoms with Gasteiger partial charge in [0, 0.05) is 20.1 Å². The molecule has 1 aliphatic rings. The molecule has 0 aliphatic carbocycles. The number of thiophene rings is 1. The molecule has 4 heterocycles. The monoisotopic (exact) mass is 412 g/mol. The molecule has 1 saturated heterocycles. The number of ether oxygens (including phenoxy) is 1. The van der Waals surface area contributed by atoms with Crippen LogP contribution in [0.5, 0.6) is 0 Å². The van der Waals surface area contributed by atoms with Crippen molar-refractivity contribution in [3.63, 3.8) is 0 Å². The summed E-state index contributed by atoms with van der Waals surface area (Å²) >= 11 is 1.55. The lowest BCUT2D eigenvalue weighted by molar-refractivity contribution is -0.134. The molecule has 1 amide bonds. The van der Waals surface area contributed by atoms with Crippen molar-refractivity contribution in [3.05, 3.63) is 34.8 Å². The number of aromatic nitrogens is 3. The molecule has 8 heteroatoms. The van der Waals surface area contributed by atoms with Gasteiger partial charge in [-0.15, -0.1) is 11.3 Å². The third-order valence-electron chi connectivity index (χ3n) is 5.25. The normalized spacial score (nSPS) is 14.8. The molecule has 0 radical (unpaired) electrons. The summed E-state index contributed by atoms with van der Waals surface area (Å²) in [4.78, 5) is 32.9. The van der Waals surface area contributed by atoms with E-state index >= 15 is 0 Å². The molecule has 0 aromatic carbocycles. The molecule has 0 saturated carbocycles. The van der Waals surface area contributed by atoms with Gasteiger partial charge in [0.1, 0.15) is 0 Å². The minimum atomic E-state index is -0.519. The lowest BCUT2D eigenvalue weighted by Crippen LogP contribution is -2.35. The van der Waals surface area contributed by atoms with Gasteiger partial charge in [-0.2, -0.15) is 5.10 Å². The van der Waals surface area contributed by atoms with Crippen LogP contribution in [-0.4, -0.2) is 51.2 Å². The molecule has 29 heavy (non-hydrogen) atoms. The first-order valence-electron chi connectivity index (χ1n) is 9.87. The Kier molecular flexibility index (Phi) is 5.62. The minimum absolute atomic E-state index is 0.132. The molecule has 152 valence electrons. The van der Waals surface area contributed by atoms with E-state index in [0.717, 1.165) is 43.6 Å². The highest BCUT2D eigenvalue weighted by Gasteiger charge is 2.23. The molecule has 0 bridgehead atoms. The van der Waals surface area contributed by atoms with Crippen LogP contribution in [0.25, 0.3) is 21.6 Å². The van der Waals surface area contributed by atoms with Crippen molar-refractivity contribution in [3.8, 4) is 10.6 Å². The Labute approximate surface area is 173 Å². The van der Waals surface area contributed by atoms with Crippen molar-refractivity contribution < 1.29 is 14.3 Å². The number of nitrogens with zero attached hydrogens (tertiary/aromatic N) is 4. The van der Waals surface area contributed by atoms with E-state index in [-0.39, 0.29) is 12.5 Å². The highest BCUT2D eigenvalue weighted by atomic mass is 32.1. The number of rotatable bonds is 4. The zero-order valence-corrected chi connectivity index (χ0v) is 17.5. The number of carbonyl (C=O) groups is 2. The molecule has 1 aliphatic heterocycles. The maximum atomic E-state index is 12.9. The van der Waals surface area contributed by atoms with E-state index in [1.807, 2.05) is 24.4 Å². The van der Waals surface area contributed by atoms with E-state index in [2.05, 4.69) is 10.1 Å². The second-order valence-electron chi connectivity index (χ2n) is 7.31. The van der Waals surface area contributed by atoms with E-state index in [1.54, 1.807) is 34.0 Å². The van der Waals surface area contributed by atoms with Crippen molar-refractivity contribution in [2.75, 3.05) is 19.7 Å². The topological polar surface area (TPSA) is 77.3 Å².